The fourth-order valence-corrected chi connectivity index (χ4v) is 3.13. The number of nitrogens with one attached hydrogen (secondary N) is 1. The number of aryl methyl sites for hydroxylation is 1. The molecule has 0 saturated carbocycles. The number of rotatable bonds is 5. The number of ether oxygens (including phenoxy) is 1. The molecule has 0 aromatic carbocycles. The van der Waals surface area contributed by atoms with Gasteiger partial charge in [-0.15, -0.1) is 11.3 Å². The summed E-state index contributed by atoms with van der Waals surface area (Å²) in [6.45, 7) is 5.20. The van der Waals surface area contributed by atoms with Gasteiger partial charge < -0.3 is 10.1 Å². The van der Waals surface area contributed by atoms with Gasteiger partial charge in [-0.05, 0) is 39.0 Å². The van der Waals surface area contributed by atoms with E-state index in [-0.39, 0.29) is 5.91 Å². The molecular weight excluding hydrogens is 260 g/mol. The molecule has 1 unspecified atom stereocenters. The maximum Gasteiger partial charge on any atom is 0.252 e. The molecular formula is C14H22N2O2S. The normalized spacial score (nSPS) is 23.3. The summed E-state index contributed by atoms with van der Waals surface area (Å²) in [5, 5.41) is 6.11. The van der Waals surface area contributed by atoms with Crippen molar-refractivity contribution in [1.82, 2.24) is 10.3 Å². The summed E-state index contributed by atoms with van der Waals surface area (Å²) in [7, 11) is 0. The fraction of sp³-hybridized carbons (Fsp3) is 0.714. The van der Waals surface area contributed by atoms with Crippen LogP contribution in [-0.4, -0.2) is 23.1 Å². The largest absolute Gasteiger partial charge is 0.365 e. The molecule has 2 rings (SSSR count). The van der Waals surface area contributed by atoms with Crippen LogP contribution in [0.4, 0.5) is 0 Å². The summed E-state index contributed by atoms with van der Waals surface area (Å²) < 4.78 is 5.63. The van der Waals surface area contributed by atoms with E-state index in [4.69, 9.17) is 4.74 Å². The first-order valence-corrected chi connectivity index (χ1v) is 7.87. The van der Waals surface area contributed by atoms with Crippen LogP contribution in [0.5, 0.6) is 0 Å². The third kappa shape index (κ3) is 3.76. The molecule has 1 N–H and O–H groups in total. The Hall–Kier alpha value is -0.940. The third-order valence-corrected chi connectivity index (χ3v) is 4.40. The van der Waals surface area contributed by atoms with E-state index in [1.165, 1.54) is 0 Å². The zero-order valence-electron chi connectivity index (χ0n) is 11.7. The van der Waals surface area contributed by atoms with Gasteiger partial charge in [-0.1, -0.05) is 6.92 Å². The van der Waals surface area contributed by atoms with Crippen molar-refractivity contribution < 1.29 is 9.53 Å². The minimum Gasteiger partial charge on any atom is -0.365 e. The summed E-state index contributed by atoms with van der Waals surface area (Å²) in [6, 6.07) is 0. The first-order valence-electron chi connectivity index (χ1n) is 6.99. The van der Waals surface area contributed by atoms with Crippen molar-refractivity contribution in [3.8, 4) is 0 Å². The number of amides is 1. The minimum absolute atomic E-state index is 0.0164. The molecule has 1 aromatic rings. The summed E-state index contributed by atoms with van der Waals surface area (Å²) in [5.41, 5.74) is 0.293. The van der Waals surface area contributed by atoms with Crippen LogP contribution in [-0.2, 0) is 22.5 Å². The maximum atomic E-state index is 12.2. The van der Waals surface area contributed by atoms with Crippen molar-refractivity contribution in [1.29, 1.82) is 0 Å². The maximum absolute atomic E-state index is 12.2. The molecule has 1 amide bonds. The number of nitrogens with zero attached hydrogens (tertiary/aromatic N) is 1. The van der Waals surface area contributed by atoms with Gasteiger partial charge in [-0.3, -0.25) is 4.79 Å². The predicted octanol–water partition coefficient (Wildman–Crippen LogP) is 2.67. The number of carbonyl (C=O) groups is 1. The molecule has 0 aliphatic carbocycles. The lowest BCUT2D eigenvalue weighted by atomic mass is 9.95. The molecule has 4 nitrogen and oxygen atoms in total. The van der Waals surface area contributed by atoms with Crippen LogP contribution in [0.2, 0.25) is 0 Å². The highest BCUT2D eigenvalue weighted by Crippen LogP contribution is 2.24. The van der Waals surface area contributed by atoms with Gasteiger partial charge >= 0.3 is 0 Å². The summed E-state index contributed by atoms with van der Waals surface area (Å²) in [5.74, 6) is -0.0164. The number of hydrogen-bond acceptors (Lipinski definition) is 4. The molecule has 1 fully saturated rings. The first-order chi connectivity index (χ1) is 9.14. The highest BCUT2D eigenvalue weighted by molar-refractivity contribution is 7.09. The number of hydrogen-bond donors (Lipinski definition) is 1. The first kappa shape index (κ1) is 14.5. The van der Waals surface area contributed by atoms with E-state index < -0.39 is 5.60 Å². The van der Waals surface area contributed by atoms with Crippen molar-refractivity contribution >= 4 is 17.2 Å². The van der Waals surface area contributed by atoms with Gasteiger partial charge in [0.05, 0.1) is 17.2 Å². The SMILES string of the molecule is CCCc1nc(CNC(=O)C2(C)CCCCO2)cs1. The lowest BCUT2D eigenvalue weighted by Gasteiger charge is -2.32. The topological polar surface area (TPSA) is 51.2 Å². The average molecular weight is 282 g/mol. The van der Waals surface area contributed by atoms with Gasteiger partial charge in [0.15, 0.2) is 0 Å². The van der Waals surface area contributed by atoms with E-state index >= 15 is 0 Å². The standard InChI is InChI=1S/C14H22N2O2S/c1-3-6-12-16-11(10-19-12)9-15-13(17)14(2)7-4-5-8-18-14/h10H,3-9H2,1-2H3,(H,15,17). The smallest absolute Gasteiger partial charge is 0.252 e. The molecule has 5 heteroatoms. The van der Waals surface area contributed by atoms with Crippen LogP contribution < -0.4 is 5.32 Å². The van der Waals surface area contributed by atoms with Crippen molar-refractivity contribution in [2.75, 3.05) is 6.61 Å². The van der Waals surface area contributed by atoms with E-state index in [2.05, 4.69) is 17.2 Å². The van der Waals surface area contributed by atoms with Crippen LogP contribution in [0.3, 0.4) is 0 Å². The highest BCUT2D eigenvalue weighted by Gasteiger charge is 2.35. The second-order valence-electron chi connectivity index (χ2n) is 5.20. The quantitative estimate of drug-likeness (QED) is 0.903. The van der Waals surface area contributed by atoms with Crippen molar-refractivity contribution in [3.63, 3.8) is 0 Å². The Morgan fingerprint density at radius 2 is 2.42 bits per heavy atom. The molecule has 1 aliphatic rings. The number of thiazole rings is 1. The van der Waals surface area contributed by atoms with Gasteiger partial charge in [-0.2, -0.15) is 0 Å². The van der Waals surface area contributed by atoms with Gasteiger partial charge in [0.1, 0.15) is 5.60 Å². The van der Waals surface area contributed by atoms with E-state index in [1.54, 1.807) is 11.3 Å². The zero-order valence-corrected chi connectivity index (χ0v) is 12.5. The molecule has 1 aromatic heterocycles. The Labute approximate surface area is 118 Å². The zero-order chi connectivity index (χ0) is 13.7. The van der Waals surface area contributed by atoms with Crippen LogP contribution >= 0.6 is 11.3 Å². The lowest BCUT2D eigenvalue weighted by molar-refractivity contribution is -0.150. The Balaban J connectivity index is 1.85. The molecule has 0 spiro atoms. The summed E-state index contributed by atoms with van der Waals surface area (Å²) in [6.07, 6.45) is 5.03. The van der Waals surface area contributed by atoms with Crippen molar-refractivity contribution in [3.05, 3.63) is 16.1 Å². The molecule has 1 aliphatic heterocycles. The molecule has 0 bridgehead atoms. The van der Waals surface area contributed by atoms with Crippen LogP contribution in [0, 0.1) is 0 Å². The Morgan fingerprint density at radius 1 is 1.58 bits per heavy atom. The average Bonchev–Trinajstić information content (AvgIpc) is 2.85. The Morgan fingerprint density at radius 3 is 3.11 bits per heavy atom. The number of carbonyl (C=O) groups excluding carboxylic acids is 1. The summed E-state index contributed by atoms with van der Waals surface area (Å²) in [4.78, 5) is 16.7. The monoisotopic (exact) mass is 282 g/mol. The van der Waals surface area contributed by atoms with E-state index in [9.17, 15) is 4.79 Å². The highest BCUT2D eigenvalue weighted by atomic mass is 32.1. The second-order valence-corrected chi connectivity index (χ2v) is 6.14. The fourth-order valence-electron chi connectivity index (χ4n) is 2.23. The van der Waals surface area contributed by atoms with Gasteiger partial charge in [0.25, 0.3) is 5.91 Å². The molecule has 1 saturated heterocycles. The molecule has 106 valence electrons. The van der Waals surface area contributed by atoms with Crippen LogP contribution in [0.25, 0.3) is 0 Å². The van der Waals surface area contributed by atoms with Crippen LogP contribution in [0.1, 0.15) is 50.2 Å². The third-order valence-electron chi connectivity index (χ3n) is 3.44. The van der Waals surface area contributed by atoms with Crippen molar-refractivity contribution in [2.24, 2.45) is 0 Å². The molecule has 2 heterocycles. The Kier molecular flexibility index (Phi) is 4.93. The van der Waals surface area contributed by atoms with E-state index in [0.717, 1.165) is 42.8 Å². The predicted molar refractivity (Wildman–Crippen MR) is 76.2 cm³/mol. The van der Waals surface area contributed by atoms with Crippen LogP contribution in [0.15, 0.2) is 5.38 Å². The van der Waals surface area contributed by atoms with Crippen molar-refractivity contribution in [2.45, 2.75) is 58.1 Å². The lowest BCUT2D eigenvalue weighted by Crippen LogP contribution is -2.48. The molecule has 0 radical (unpaired) electrons. The van der Waals surface area contributed by atoms with E-state index in [1.807, 2.05) is 12.3 Å². The van der Waals surface area contributed by atoms with E-state index in [0.29, 0.717) is 13.2 Å². The van der Waals surface area contributed by atoms with Gasteiger partial charge in [0, 0.05) is 12.0 Å². The second kappa shape index (κ2) is 6.48. The number of aromatic nitrogens is 1. The Bertz CT molecular complexity index is 425. The van der Waals surface area contributed by atoms with Gasteiger partial charge in [-0.25, -0.2) is 4.98 Å². The minimum atomic E-state index is -0.652. The summed E-state index contributed by atoms with van der Waals surface area (Å²) >= 11 is 1.67. The molecule has 19 heavy (non-hydrogen) atoms. The molecule has 1 atom stereocenters. The van der Waals surface area contributed by atoms with Gasteiger partial charge in [0.2, 0.25) is 0 Å².